The van der Waals surface area contributed by atoms with Crippen LogP contribution in [0.1, 0.15) is 19.8 Å². The van der Waals surface area contributed by atoms with E-state index in [4.69, 9.17) is 10.2 Å². The predicted molar refractivity (Wildman–Crippen MR) is 31.9 cm³/mol. The SMILES string of the molecule is CC1(O)[C@@H](O)CC[C@@H]1O. The second kappa shape index (κ2) is 1.94. The summed E-state index contributed by atoms with van der Waals surface area (Å²) in [6.07, 6.45) is -0.525. The second-order valence-electron chi connectivity index (χ2n) is 2.83. The molecule has 1 rings (SSSR count). The molecule has 1 aliphatic rings. The Morgan fingerprint density at radius 3 is 1.67 bits per heavy atom. The lowest BCUT2D eigenvalue weighted by atomic mass is 10.0. The number of aliphatic hydroxyl groups is 3. The fourth-order valence-electron chi connectivity index (χ4n) is 1.12. The van der Waals surface area contributed by atoms with Crippen LogP contribution in [0, 0.1) is 0 Å². The van der Waals surface area contributed by atoms with Crippen molar-refractivity contribution in [1.29, 1.82) is 0 Å². The van der Waals surface area contributed by atoms with E-state index in [1.807, 2.05) is 0 Å². The van der Waals surface area contributed by atoms with E-state index >= 15 is 0 Å². The van der Waals surface area contributed by atoms with Crippen molar-refractivity contribution in [2.75, 3.05) is 0 Å². The van der Waals surface area contributed by atoms with Crippen LogP contribution in [0.3, 0.4) is 0 Å². The molecule has 1 fully saturated rings. The van der Waals surface area contributed by atoms with Crippen molar-refractivity contribution < 1.29 is 15.3 Å². The summed E-state index contributed by atoms with van der Waals surface area (Å²) in [7, 11) is 0. The third kappa shape index (κ3) is 0.956. The molecule has 0 heterocycles. The maximum Gasteiger partial charge on any atom is 0.113 e. The predicted octanol–water partition coefficient (Wildman–Crippen LogP) is -0.747. The molecule has 0 radical (unpaired) electrons. The molecule has 0 spiro atoms. The van der Waals surface area contributed by atoms with Crippen LogP contribution in [0.4, 0.5) is 0 Å². The Bertz CT molecular complexity index is 98.9. The Hall–Kier alpha value is -0.120. The molecule has 0 amide bonds. The van der Waals surface area contributed by atoms with Crippen molar-refractivity contribution >= 4 is 0 Å². The van der Waals surface area contributed by atoms with Gasteiger partial charge < -0.3 is 15.3 Å². The lowest BCUT2D eigenvalue weighted by molar-refractivity contribution is -0.0981. The van der Waals surface area contributed by atoms with Gasteiger partial charge in [0.15, 0.2) is 0 Å². The first-order valence-corrected chi connectivity index (χ1v) is 3.13. The van der Waals surface area contributed by atoms with Crippen LogP contribution in [-0.2, 0) is 0 Å². The van der Waals surface area contributed by atoms with Gasteiger partial charge in [-0.2, -0.15) is 0 Å². The molecule has 0 aliphatic heterocycles. The maximum absolute atomic E-state index is 9.23. The molecule has 54 valence electrons. The first-order chi connectivity index (χ1) is 4.05. The number of aliphatic hydroxyl groups excluding tert-OH is 2. The van der Waals surface area contributed by atoms with E-state index in [9.17, 15) is 5.11 Å². The van der Waals surface area contributed by atoms with E-state index < -0.39 is 17.8 Å². The van der Waals surface area contributed by atoms with Crippen LogP contribution in [0.2, 0.25) is 0 Å². The van der Waals surface area contributed by atoms with Gasteiger partial charge in [-0.3, -0.25) is 0 Å². The van der Waals surface area contributed by atoms with Crippen LogP contribution in [0.5, 0.6) is 0 Å². The summed E-state index contributed by atoms with van der Waals surface area (Å²) in [6, 6.07) is 0. The highest BCUT2D eigenvalue weighted by molar-refractivity contribution is 4.95. The summed E-state index contributed by atoms with van der Waals surface area (Å²) in [5.41, 5.74) is -1.28. The van der Waals surface area contributed by atoms with Crippen molar-refractivity contribution in [2.45, 2.75) is 37.6 Å². The molecule has 3 N–H and O–H groups in total. The van der Waals surface area contributed by atoms with Gasteiger partial charge in [-0.25, -0.2) is 0 Å². The Morgan fingerprint density at radius 2 is 1.56 bits per heavy atom. The minimum atomic E-state index is -1.28. The van der Waals surface area contributed by atoms with Gasteiger partial charge >= 0.3 is 0 Å². The highest BCUT2D eigenvalue weighted by Gasteiger charge is 2.43. The second-order valence-corrected chi connectivity index (χ2v) is 2.83. The zero-order chi connectivity index (χ0) is 7.07. The van der Waals surface area contributed by atoms with Crippen LogP contribution >= 0.6 is 0 Å². The lowest BCUT2D eigenvalue weighted by Gasteiger charge is -2.24. The number of hydrogen-bond acceptors (Lipinski definition) is 3. The molecule has 9 heavy (non-hydrogen) atoms. The Morgan fingerprint density at radius 1 is 1.22 bits per heavy atom. The quantitative estimate of drug-likeness (QED) is 0.406. The van der Waals surface area contributed by atoms with Crippen LogP contribution < -0.4 is 0 Å². The Labute approximate surface area is 53.9 Å². The fourth-order valence-corrected chi connectivity index (χ4v) is 1.12. The lowest BCUT2D eigenvalue weighted by Crippen LogP contribution is -2.42. The average molecular weight is 132 g/mol. The molecule has 0 bridgehead atoms. The molecule has 0 aromatic carbocycles. The van der Waals surface area contributed by atoms with Gasteiger partial charge in [-0.05, 0) is 19.8 Å². The molecule has 1 aliphatic carbocycles. The van der Waals surface area contributed by atoms with Gasteiger partial charge in [0.25, 0.3) is 0 Å². The van der Waals surface area contributed by atoms with Gasteiger partial charge in [0.1, 0.15) is 5.60 Å². The largest absolute Gasteiger partial charge is 0.390 e. The van der Waals surface area contributed by atoms with Crippen molar-refractivity contribution in [3.63, 3.8) is 0 Å². The van der Waals surface area contributed by atoms with Crippen LogP contribution in [0.15, 0.2) is 0 Å². The minimum absolute atomic E-state index is 0.494. The highest BCUT2D eigenvalue weighted by atomic mass is 16.4. The van der Waals surface area contributed by atoms with Crippen molar-refractivity contribution in [1.82, 2.24) is 0 Å². The van der Waals surface area contributed by atoms with Gasteiger partial charge in [0, 0.05) is 0 Å². The molecule has 0 unspecified atom stereocenters. The summed E-state index contributed by atoms with van der Waals surface area (Å²) in [6.45, 7) is 1.45. The molecule has 3 heteroatoms. The molecule has 0 aromatic heterocycles. The maximum atomic E-state index is 9.23. The Balaban J connectivity index is 2.66. The molecular formula is C6H12O3. The van der Waals surface area contributed by atoms with Gasteiger partial charge in [-0.1, -0.05) is 0 Å². The minimum Gasteiger partial charge on any atom is -0.390 e. The summed E-state index contributed by atoms with van der Waals surface area (Å²) in [5.74, 6) is 0. The highest BCUT2D eigenvalue weighted by Crippen LogP contribution is 2.29. The molecular weight excluding hydrogens is 120 g/mol. The molecule has 3 nitrogen and oxygen atoms in total. The molecule has 2 atom stereocenters. The smallest absolute Gasteiger partial charge is 0.113 e. The van der Waals surface area contributed by atoms with Crippen molar-refractivity contribution in [3.05, 3.63) is 0 Å². The van der Waals surface area contributed by atoms with E-state index in [0.717, 1.165) is 0 Å². The summed E-state index contributed by atoms with van der Waals surface area (Å²) in [5, 5.41) is 27.3. The van der Waals surface area contributed by atoms with E-state index in [0.29, 0.717) is 12.8 Å². The van der Waals surface area contributed by atoms with E-state index in [-0.39, 0.29) is 0 Å². The Kier molecular flexibility index (Phi) is 1.50. The van der Waals surface area contributed by atoms with E-state index in [1.54, 1.807) is 0 Å². The molecule has 0 saturated heterocycles. The van der Waals surface area contributed by atoms with Gasteiger partial charge in [-0.15, -0.1) is 0 Å². The first kappa shape index (κ1) is 6.99. The van der Waals surface area contributed by atoms with Gasteiger partial charge in [0.05, 0.1) is 12.2 Å². The molecule has 1 saturated carbocycles. The van der Waals surface area contributed by atoms with Gasteiger partial charge in [0.2, 0.25) is 0 Å². The third-order valence-electron chi connectivity index (χ3n) is 2.06. The monoisotopic (exact) mass is 132 g/mol. The van der Waals surface area contributed by atoms with Crippen molar-refractivity contribution in [2.24, 2.45) is 0 Å². The first-order valence-electron chi connectivity index (χ1n) is 3.13. The van der Waals surface area contributed by atoms with E-state index in [1.165, 1.54) is 6.92 Å². The molecule has 0 aromatic rings. The topological polar surface area (TPSA) is 60.7 Å². The number of rotatable bonds is 0. The third-order valence-corrected chi connectivity index (χ3v) is 2.06. The average Bonchev–Trinajstić information content (AvgIpc) is 1.96. The number of hydrogen-bond donors (Lipinski definition) is 3. The summed E-state index contributed by atoms with van der Waals surface area (Å²) < 4.78 is 0. The zero-order valence-electron chi connectivity index (χ0n) is 5.41. The normalized spacial score (nSPS) is 41.3. The standard InChI is InChI=1S/C6H12O3/c1-6(9)4(7)2-3-5(6)8/h4-5,7-9H,2-3H2,1H3/t4-,5-/m0/s1. The fraction of sp³-hybridized carbons (Fsp3) is 1.00. The van der Waals surface area contributed by atoms with Crippen LogP contribution in [-0.4, -0.2) is 33.1 Å². The van der Waals surface area contributed by atoms with Crippen molar-refractivity contribution in [3.8, 4) is 0 Å². The summed E-state index contributed by atoms with van der Waals surface area (Å²) >= 11 is 0. The van der Waals surface area contributed by atoms with Crippen LogP contribution in [0.25, 0.3) is 0 Å². The summed E-state index contributed by atoms with van der Waals surface area (Å²) in [4.78, 5) is 0. The van der Waals surface area contributed by atoms with E-state index in [2.05, 4.69) is 0 Å². The zero-order valence-corrected chi connectivity index (χ0v) is 5.41.